The lowest BCUT2D eigenvalue weighted by Gasteiger charge is -2.38. The maximum absolute atomic E-state index is 6.37. The summed E-state index contributed by atoms with van der Waals surface area (Å²) in [4.78, 5) is 8.05. The number of anilines is 2. The van der Waals surface area contributed by atoms with Crippen molar-refractivity contribution in [2.75, 3.05) is 31.8 Å². The van der Waals surface area contributed by atoms with Crippen LogP contribution in [0, 0.1) is 0 Å². The molecule has 7 heteroatoms. The predicted molar refractivity (Wildman–Crippen MR) is 99.1 cm³/mol. The number of hydrogen-bond donors (Lipinski definition) is 2. The topological polar surface area (TPSA) is 106 Å². The Hall–Kier alpha value is -2.80. The van der Waals surface area contributed by atoms with Gasteiger partial charge in [-0.05, 0) is 23.8 Å². The number of benzene rings is 1. The van der Waals surface area contributed by atoms with E-state index in [1.54, 1.807) is 13.3 Å². The highest BCUT2D eigenvalue weighted by Gasteiger charge is 2.36. The number of nitrogens with two attached hydrogens (primary N) is 2. The van der Waals surface area contributed by atoms with Gasteiger partial charge in [0.15, 0.2) is 11.5 Å². The van der Waals surface area contributed by atoms with Crippen molar-refractivity contribution in [1.29, 1.82) is 0 Å². The van der Waals surface area contributed by atoms with Crippen molar-refractivity contribution in [2.24, 2.45) is 0 Å². The molecule has 1 saturated heterocycles. The molecule has 2 aromatic rings. The predicted octanol–water partition coefficient (Wildman–Crippen LogP) is 2.20. The molecule has 0 bridgehead atoms. The molecular formula is C19H22N4O3. The molecule has 136 valence electrons. The van der Waals surface area contributed by atoms with Crippen LogP contribution >= 0.6 is 0 Å². The van der Waals surface area contributed by atoms with Crippen LogP contribution in [0.25, 0.3) is 6.08 Å². The summed E-state index contributed by atoms with van der Waals surface area (Å²) in [5.74, 6) is 2.05. The summed E-state index contributed by atoms with van der Waals surface area (Å²) in [6.07, 6.45) is 8.18. The van der Waals surface area contributed by atoms with Crippen LogP contribution in [0.15, 0.2) is 24.4 Å². The number of nitrogen functional groups attached to an aromatic ring is 2. The number of methoxy groups -OCH3 is 1. The Morgan fingerprint density at radius 3 is 2.77 bits per heavy atom. The van der Waals surface area contributed by atoms with Crippen LogP contribution in [0.3, 0.4) is 0 Å². The van der Waals surface area contributed by atoms with E-state index in [1.165, 1.54) is 0 Å². The number of ether oxygens (including phenoxy) is 3. The Morgan fingerprint density at radius 2 is 2.04 bits per heavy atom. The van der Waals surface area contributed by atoms with Crippen molar-refractivity contribution >= 4 is 17.8 Å². The molecule has 7 nitrogen and oxygen atoms in total. The normalized spacial score (nSPS) is 17.6. The first kappa shape index (κ1) is 16.7. The van der Waals surface area contributed by atoms with Crippen LogP contribution in [0.4, 0.5) is 11.8 Å². The third-order valence-electron chi connectivity index (χ3n) is 4.89. The van der Waals surface area contributed by atoms with E-state index in [4.69, 9.17) is 25.7 Å². The van der Waals surface area contributed by atoms with E-state index in [-0.39, 0.29) is 11.5 Å². The molecule has 0 saturated carbocycles. The molecule has 1 fully saturated rings. The second-order valence-corrected chi connectivity index (χ2v) is 6.64. The molecule has 4 rings (SSSR count). The summed E-state index contributed by atoms with van der Waals surface area (Å²) in [5, 5.41) is 0. The van der Waals surface area contributed by atoms with E-state index in [0.29, 0.717) is 31.2 Å². The Kier molecular flexibility index (Phi) is 4.16. The SMILES string of the molecule is COc1cc(Cc2cnc(N)nc2N)cc2c1OC1(C=C2)CCOCC1. The minimum absolute atomic E-state index is 0.173. The van der Waals surface area contributed by atoms with Crippen molar-refractivity contribution in [1.82, 2.24) is 9.97 Å². The first-order chi connectivity index (χ1) is 12.6. The number of fused-ring (bicyclic) bond motifs is 1. The van der Waals surface area contributed by atoms with Crippen LogP contribution in [0.1, 0.15) is 29.5 Å². The largest absolute Gasteiger partial charge is 0.493 e. The molecular weight excluding hydrogens is 332 g/mol. The molecule has 0 radical (unpaired) electrons. The average molecular weight is 354 g/mol. The van der Waals surface area contributed by atoms with Crippen LogP contribution in [-0.2, 0) is 11.2 Å². The Balaban J connectivity index is 1.66. The maximum atomic E-state index is 6.37. The van der Waals surface area contributed by atoms with E-state index < -0.39 is 0 Å². The molecule has 2 aliphatic rings. The van der Waals surface area contributed by atoms with Crippen molar-refractivity contribution in [3.63, 3.8) is 0 Å². The minimum atomic E-state index is -0.296. The van der Waals surface area contributed by atoms with E-state index in [1.807, 2.05) is 6.07 Å². The van der Waals surface area contributed by atoms with Gasteiger partial charge in [-0.2, -0.15) is 4.98 Å². The average Bonchev–Trinajstić information content (AvgIpc) is 2.64. The lowest BCUT2D eigenvalue weighted by atomic mass is 9.89. The van der Waals surface area contributed by atoms with Gasteiger partial charge in [0, 0.05) is 36.6 Å². The molecule has 0 amide bonds. The third-order valence-corrected chi connectivity index (χ3v) is 4.89. The molecule has 0 atom stereocenters. The van der Waals surface area contributed by atoms with Gasteiger partial charge in [-0.1, -0.05) is 6.08 Å². The van der Waals surface area contributed by atoms with Gasteiger partial charge in [-0.25, -0.2) is 4.98 Å². The van der Waals surface area contributed by atoms with Gasteiger partial charge in [0.1, 0.15) is 11.4 Å². The summed E-state index contributed by atoms with van der Waals surface area (Å²) in [6.45, 7) is 1.41. The first-order valence-electron chi connectivity index (χ1n) is 8.62. The van der Waals surface area contributed by atoms with Gasteiger partial charge in [-0.3, -0.25) is 0 Å². The molecule has 4 N–H and O–H groups in total. The second-order valence-electron chi connectivity index (χ2n) is 6.64. The zero-order valence-electron chi connectivity index (χ0n) is 14.7. The fourth-order valence-electron chi connectivity index (χ4n) is 3.42. The van der Waals surface area contributed by atoms with Crippen LogP contribution < -0.4 is 20.9 Å². The number of aromatic nitrogens is 2. The fraction of sp³-hybridized carbons (Fsp3) is 0.368. The van der Waals surface area contributed by atoms with Crippen molar-refractivity contribution < 1.29 is 14.2 Å². The number of rotatable bonds is 3. The lowest BCUT2D eigenvalue weighted by molar-refractivity contribution is -0.0189. The summed E-state index contributed by atoms with van der Waals surface area (Å²) in [6, 6.07) is 4.05. The molecule has 26 heavy (non-hydrogen) atoms. The van der Waals surface area contributed by atoms with E-state index >= 15 is 0 Å². The van der Waals surface area contributed by atoms with Gasteiger partial charge in [-0.15, -0.1) is 0 Å². The molecule has 3 heterocycles. The monoisotopic (exact) mass is 354 g/mol. The summed E-state index contributed by atoms with van der Waals surface area (Å²) in [5.41, 5.74) is 14.1. The number of nitrogens with zero attached hydrogens (tertiary/aromatic N) is 2. The zero-order chi connectivity index (χ0) is 18.1. The van der Waals surface area contributed by atoms with Gasteiger partial charge in [0.05, 0.1) is 20.3 Å². The Bertz CT molecular complexity index is 860. The van der Waals surface area contributed by atoms with Crippen molar-refractivity contribution in [2.45, 2.75) is 24.9 Å². The van der Waals surface area contributed by atoms with Crippen molar-refractivity contribution in [3.8, 4) is 11.5 Å². The highest BCUT2D eigenvalue weighted by atomic mass is 16.5. The van der Waals surface area contributed by atoms with Gasteiger partial charge < -0.3 is 25.7 Å². The lowest BCUT2D eigenvalue weighted by Crippen LogP contribution is -2.41. The summed E-state index contributed by atoms with van der Waals surface area (Å²) < 4.78 is 17.4. The molecule has 0 aliphatic carbocycles. The molecule has 2 aliphatic heterocycles. The van der Waals surface area contributed by atoms with E-state index in [0.717, 1.165) is 35.3 Å². The van der Waals surface area contributed by atoms with Crippen LogP contribution in [0.5, 0.6) is 11.5 Å². The Labute approximate surface area is 152 Å². The fourth-order valence-corrected chi connectivity index (χ4v) is 3.42. The van der Waals surface area contributed by atoms with E-state index in [2.05, 4.69) is 28.2 Å². The minimum Gasteiger partial charge on any atom is -0.493 e. The zero-order valence-corrected chi connectivity index (χ0v) is 14.7. The quantitative estimate of drug-likeness (QED) is 0.870. The highest BCUT2D eigenvalue weighted by Crippen LogP contribution is 2.43. The Morgan fingerprint density at radius 1 is 1.23 bits per heavy atom. The smallest absolute Gasteiger partial charge is 0.221 e. The second kappa shape index (κ2) is 6.49. The maximum Gasteiger partial charge on any atom is 0.221 e. The first-order valence-corrected chi connectivity index (χ1v) is 8.62. The highest BCUT2D eigenvalue weighted by molar-refractivity contribution is 5.67. The molecule has 1 aromatic carbocycles. The van der Waals surface area contributed by atoms with E-state index in [9.17, 15) is 0 Å². The third kappa shape index (κ3) is 3.06. The summed E-state index contributed by atoms with van der Waals surface area (Å²) in [7, 11) is 1.65. The van der Waals surface area contributed by atoms with Crippen LogP contribution in [0.2, 0.25) is 0 Å². The van der Waals surface area contributed by atoms with Gasteiger partial charge in [0.2, 0.25) is 5.95 Å². The molecule has 1 aromatic heterocycles. The van der Waals surface area contributed by atoms with Gasteiger partial charge in [0.25, 0.3) is 0 Å². The van der Waals surface area contributed by atoms with Crippen molar-refractivity contribution in [3.05, 3.63) is 41.1 Å². The van der Waals surface area contributed by atoms with Crippen LogP contribution in [-0.4, -0.2) is 35.9 Å². The molecule has 0 unspecified atom stereocenters. The van der Waals surface area contributed by atoms with Gasteiger partial charge >= 0.3 is 0 Å². The standard InChI is InChI=1S/C19H22N4O3/c1-24-15-10-12(9-14-11-22-18(21)23-17(14)20)8-13-2-3-19(26-16(13)15)4-6-25-7-5-19/h2-3,8,10-11H,4-7,9H2,1H3,(H4,20,21,22,23). The summed E-state index contributed by atoms with van der Waals surface area (Å²) >= 11 is 0. The molecule has 1 spiro atoms. The number of hydrogen-bond acceptors (Lipinski definition) is 7.